The number of amides is 1. The number of para-hydroxylation sites is 1. The molecule has 0 radical (unpaired) electrons. The highest BCUT2D eigenvalue weighted by Gasteiger charge is 2.14. The average molecular weight is 411 g/mol. The normalized spacial score (nSPS) is 10.9. The van der Waals surface area contributed by atoms with Gasteiger partial charge < -0.3 is 24.5 Å². The highest BCUT2D eigenvalue weighted by atomic mass is 35.5. The number of hydrogen-bond donors (Lipinski definition) is 2. The summed E-state index contributed by atoms with van der Waals surface area (Å²) >= 11 is 6.11. The lowest BCUT2D eigenvalue weighted by Gasteiger charge is -2.12. The van der Waals surface area contributed by atoms with Gasteiger partial charge in [-0.2, -0.15) is 0 Å². The predicted octanol–water partition coefficient (Wildman–Crippen LogP) is 5.31. The molecule has 6 nitrogen and oxygen atoms in total. The van der Waals surface area contributed by atoms with Gasteiger partial charge in [0.25, 0.3) is 0 Å². The minimum atomic E-state index is -0.231. The monoisotopic (exact) mass is 410 g/mol. The lowest BCUT2D eigenvalue weighted by atomic mass is 10.1. The number of ether oxygens (including phenoxy) is 2. The molecule has 4 rings (SSSR count). The van der Waals surface area contributed by atoms with Crippen molar-refractivity contribution in [2.24, 2.45) is 0 Å². The second-order valence-electron chi connectivity index (χ2n) is 6.40. The van der Waals surface area contributed by atoms with Crippen molar-refractivity contribution in [2.75, 3.05) is 31.4 Å². The number of methoxy groups -OCH3 is 2. The smallest absolute Gasteiger partial charge is 0.243 e. The summed E-state index contributed by atoms with van der Waals surface area (Å²) in [7, 11) is 3.12. The van der Waals surface area contributed by atoms with Gasteiger partial charge in [-0.3, -0.25) is 4.79 Å². The molecule has 2 N–H and O–H groups in total. The van der Waals surface area contributed by atoms with E-state index in [4.69, 9.17) is 25.5 Å². The Morgan fingerprint density at radius 1 is 0.966 bits per heavy atom. The van der Waals surface area contributed by atoms with Crippen molar-refractivity contribution in [3.63, 3.8) is 0 Å². The fourth-order valence-corrected chi connectivity index (χ4v) is 3.43. The number of nitrogens with one attached hydrogen (secondary N) is 2. The van der Waals surface area contributed by atoms with Gasteiger partial charge in [0.1, 0.15) is 22.7 Å². The number of furan rings is 1. The van der Waals surface area contributed by atoms with E-state index in [0.29, 0.717) is 33.5 Å². The van der Waals surface area contributed by atoms with E-state index in [1.807, 2.05) is 30.3 Å². The lowest BCUT2D eigenvalue weighted by Crippen LogP contribution is -2.22. The van der Waals surface area contributed by atoms with Crippen LogP contribution in [0, 0.1) is 0 Å². The number of hydrogen-bond acceptors (Lipinski definition) is 5. The molecule has 0 saturated heterocycles. The molecule has 1 heterocycles. The second kappa shape index (κ2) is 7.93. The van der Waals surface area contributed by atoms with Crippen molar-refractivity contribution in [1.29, 1.82) is 0 Å². The number of carbonyl (C=O) groups excluding carboxylic acids is 1. The van der Waals surface area contributed by atoms with Gasteiger partial charge in [0.05, 0.1) is 31.5 Å². The molecule has 148 valence electrons. The number of halogens is 1. The molecule has 7 heteroatoms. The van der Waals surface area contributed by atoms with Crippen molar-refractivity contribution in [3.8, 4) is 11.5 Å². The fourth-order valence-electron chi connectivity index (χ4n) is 3.17. The van der Waals surface area contributed by atoms with E-state index >= 15 is 0 Å². The van der Waals surface area contributed by atoms with Gasteiger partial charge in [-0.15, -0.1) is 0 Å². The predicted molar refractivity (Wildman–Crippen MR) is 115 cm³/mol. The molecule has 3 aromatic carbocycles. The molecular weight excluding hydrogens is 392 g/mol. The Morgan fingerprint density at radius 2 is 1.76 bits per heavy atom. The lowest BCUT2D eigenvalue weighted by molar-refractivity contribution is -0.114. The van der Waals surface area contributed by atoms with Crippen molar-refractivity contribution in [1.82, 2.24) is 0 Å². The maximum atomic E-state index is 12.5. The third-order valence-electron chi connectivity index (χ3n) is 4.58. The number of anilines is 2. The summed E-state index contributed by atoms with van der Waals surface area (Å²) in [5, 5.41) is 8.29. The first kappa shape index (κ1) is 19.0. The fraction of sp³-hybridized carbons (Fsp3) is 0.136. The van der Waals surface area contributed by atoms with E-state index in [-0.39, 0.29) is 12.5 Å². The van der Waals surface area contributed by atoms with E-state index in [9.17, 15) is 4.79 Å². The maximum Gasteiger partial charge on any atom is 0.243 e. The SMILES string of the molecule is COc1ccc(NCC(=O)Nc2cc3oc4ccccc4c3cc2OC)cc1Cl. The van der Waals surface area contributed by atoms with Gasteiger partial charge in [-0.25, -0.2) is 0 Å². The minimum absolute atomic E-state index is 0.0595. The molecule has 4 aromatic rings. The number of benzene rings is 3. The summed E-state index contributed by atoms with van der Waals surface area (Å²) in [6.45, 7) is 0.0595. The van der Waals surface area contributed by atoms with E-state index in [2.05, 4.69) is 10.6 Å². The maximum absolute atomic E-state index is 12.5. The van der Waals surface area contributed by atoms with Gasteiger partial charge in [-0.1, -0.05) is 29.8 Å². The van der Waals surface area contributed by atoms with E-state index in [1.54, 1.807) is 38.5 Å². The van der Waals surface area contributed by atoms with E-state index < -0.39 is 0 Å². The zero-order chi connectivity index (χ0) is 20.4. The van der Waals surface area contributed by atoms with Crippen LogP contribution in [0.2, 0.25) is 5.02 Å². The first-order valence-electron chi connectivity index (χ1n) is 8.95. The van der Waals surface area contributed by atoms with Crippen LogP contribution in [-0.2, 0) is 4.79 Å². The van der Waals surface area contributed by atoms with Gasteiger partial charge in [0.2, 0.25) is 5.91 Å². The number of fused-ring (bicyclic) bond motifs is 3. The first-order valence-corrected chi connectivity index (χ1v) is 9.33. The highest BCUT2D eigenvalue weighted by Crippen LogP contribution is 2.36. The summed E-state index contributed by atoms with van der Waals surface area (Å²) in [6.07, 6.45) is 0. The van der Waals surface area contributed by atoms with Crippen LogP contribution in [0.1, 0.15) is 0 Å². The molecule has 1 aromatic heterocycles. The summed E-state index contributed by atoms with van der Waals surface area (Å²) in [4.78, 5) is 12.5. The van der Waals surface area contributed by atoms with Crippen molar-refractivity contribution < 1.29 is 18.7 Å². The van der Waals surface area contributed by atoms with Crippen LogP contribution in [-0.4, -0.2) is 26.7 Å². The zero-order valence-electron chi connectivity index (χ0n) is 15.9. The number of carbonyl (C=O) groups is 1. The molecule has 0 atom stereocenters. The van der Waals surface area contributed by atoms with Gasteiger partial charge in [0, 0.05) is 22.5 Å². The Hall–Kier alpha value is -3.38. The van der Waals surface area contributed by atoms with Gasteiger partial charge >= 0.3 is 0 Å². The van der Waals surface area contributed by atoms with Crippen LogP contribution in [0.3, 0.4) is 0 Å². The van der Waals surface area contributed by atoms with E-state index in [0.717, 1.165) is 16.4 Å². The van der Waals surface area contributed by atoms with Crippen LogP contribution in [0.4, 0.5) is 11.4 Å². The molecule has 0 aliphatic rings. The second-order valence-corrected chi connectivity index (χ2v) is 6.81. The van der Waals surface area contributed by atoms with E-state index in [1.165, 1.54) is 0 Å². The Balaban J connectivity index is 1.52. The molecule has 0 unspecified atom stereocenters. The molecule has 0 aliphatic heterocycles. The molecule has 1 amide bonds. The van der Waals surface area contributed by atoms with Gasteiger partial charge in [-0.05, 0) is 30.3 Å². The van der Waals surface area contributed by atoms with Crippen LogP contribution in [0.15, 0.2) is 59.0 Å². The first-order chi connectivity index (χ1) is 14.1. The van der Waals surface area contributed by atoms with Crippen molar-refractivity contribution in [2.45, 2.75) is 0 Å². The summed E-state index contributed by atoms with van der Waals surface area (Å²) in [5.41, 5.74) is 2.72. The largest absolute Gasteiger partial charge is 0.495 e. The molecular formula is C22H19ClN2O4. The Bertz CT molecular complexity index is 1200. The summed E-state index contributed by atoms with van der Waals surface area (Å²) < 4.78 is 16.5. The quantitative estimate of drug-likeness (QED) is 0.451. The van der Waals surface area contributed by atoms with Crippen LogP contribution >= 0.6 is 11.6 Å². The summed E-state index contributed by atoms with van der Waals surface area (Å²) in [6, 6.07) is 16.6. The Kier molecular flexibility index (Phi) is 5.18. The topological polar surface area (TPSA) is 72.7 Å². The highest BCUT2D eigenvalue weighted by molar-refractivity contribution is 6.32. The Labute approximate surface area is 172 Å². The average Bonchev–Trinajstić information content (AvgIpc) is 3.09. The summed E-state index contributed by atoms with van der Waals surface area (Å²) in [5.74, 6) is 0.904. The van der Waals surface area contributed by atoms with Crippen LogP contribution in [0.5, 0.6) is 11.5 Å². The minimum Gasteiger partial charge on any atom is -0.495 e. The molecule has 29 heavy (non-hydrogen) atoms. The molecule has 0 aliphatic carbocycles. The molecule has 0 bridgehead atoms. The third-order valence-corrected chi connectivity index (χ3v) is 4.87. The zero-order valence-corrected chi connectivity index (χ0v) is 16.7. The number of rotatable bonds is 6. The van der Waals surface area contributed by atoms with Gasteiger partial charge in [0.15, 0.2) is 0 Å². The Morgan fingerprint density at radius 3 is 2.52 bits per heavy atom. The molecule has 0 spiro atoms. The standard InChI is InChI=1S/C22H19ClN2O4/c1-27-19-8-7-13(9-16(19)23)24-12-22(26)25-17-11-20-15(10-21(17)28-2)14-5-3-4-6-18(14)29-20/h3-11,24H,12H2,1-2H3,(H,25,26). The third kappa shape index (κ3) is 3.79. The van der Waals surface area contributed by atoms with Crippen LogP contribution < -0.4 is 20.1 Å². The van der Waals surface area contributed by atoms with Crippen molar-refractivity contribution in [3.05, 3.63) is 59.6 Å². The van der Waals surface area contributed by atoms with Crippen molar-refractivity contribution >= 4 is 50.8 Å². The molecule has 0 saturated carbocycles. The van der Waals surface area contributed by atoms with Crippen LogP contribution in [0.25, 0.3) is 21.9 Å². The molecule has 0 fully saturated rings.